The zero-order valence-electron chi connectivity index (χ0n) is 13.3. The number of benzene rings is 2. The molecule has 2 aromatic rings. The molecule has 0 spiro atoms. The van der Waals surface area contributed by atoms with Gasteiger partial charge in [0.05, 0.1) is 6.61 Å². The number of nitrogens with one attached hydrogen (secondary N) is 2. The summed E-state index contributed by atoms with van der Waals surface area (Å²) >= 11 is 0. The van der Waals surface area contributed by atoms with Crippen molar-refractivity contribution in [3.63, 3.8) is 0 Å². The lowest BCUT2D eigenvalue weighted by Crippen LogP contribution is -2.33. The summed E-state index contributed by atoms with van der Waals surface area (Å²) in [6.07, 6.45) is 0.974. The number of urea groups is 1. The Morgan fingerprint density at radius 1 is 1.04 bits per heavy atom. The van der Waals surface area contributed by atoms with Crippen molar-refractivity contribution in [3.05, 3.63) is 65.7 Å². The second-order valence-corrected chi connectivity index (χ2v) is 5.84. The van der Waals surface area contributed by atoms with E-state index in [-0.39, 0.29) is 11.8 Å². The number of anilines is 1. The van der Waals surface area contributed by atoms with Gasteiger partial charge in [0, 0.05) is 35.9 Å². The third-order valence-electron chi connectivity index (χ3n) is 3.99. The Balaban J connectivity index is 1.60. The van der Waals surface area contributed by atoms with Crippen molar-refractivity contribution in [2.24, 2.45) is 5.92 Å². The van der Waals surface area contributed by atoms with Crippen molar-refractivity contribution in [2.45, 2.75) is 6.42 Å². The summed E-state index contributed by atoms with van der Waals surface area (Å²) in [5, 5.41) is 5.61. The number of ketones is 1. The van der Waals surface area contributed by atoms with Crippen molar-refractivity contribution in [1.82, 2.24) is 5.32 Å². The van der Waals surface area contributed by atoms with E-state index in [1.165, 1.54) is 0 Å². The number of hydrogen-bond donors (Lipinski definition) is 2. The van der Waals surface area contributed by atoms with Gasteiger partial charge < -0.3 is 15.4 Å². The molecule has 0 aliphatic carbocycles. The first kappa shape index (κ1) is 16.2. The van der Waals surface area contributed by atoms with Gasteiger partial charge in [-0.05, 0) is 18.6 Å². The standard InChI is InChI=1S/C19H20N2O3/c22-18(15-5-2-1-3-6-15)16-7-4-8-17(11-16)21-19(23)20-12-14-9-10-24-13-14/h1-8,11,14H,9-10,12-13H2,(H2,20,21,23). The summed E-state index contributed by atoms with van der Waals surface area (Å²) < 4.78 is 5.28. The molecular formula is C19H20N2O3. The SMILES string of the molecule is O=C(NCC1CCOC1)Nc1cccc(C(=O)c2ccccc2)c1. The third-order valence-corrected chi connectivity index (χ3v) is 3.99. The number of carbonyl (C=O) groups is 2. The smallest absolute Gasteiger partial charge is 0.319 e. The molecule has 1 unspecified atom stereocenters. The van der Waals surface area contributed by atoms with Crippen LogP contribution in [-0.2, 0) is 4.74 Å². The Morgan fingerprint density at radius 2 is 1.83 bits per heavy atom. The summed E-state index contributed by atoms with van der Waals surface area (Å²) in [7, 11) is 0. The molecule has 0 saturated carbocycles. The predicted molar refractivity (Wildman–Crippen MR) is 92.3 cm³/mol. The molecule has 5 nitrogen and oxygen atoms in total. The van der Waals surface area contributed by atoms with Gasteiger partial charge in [0.1, 0.15) is 0 Å². The first-order chi connectivity index (χ1) is 11.7. The van der Waals surface area contributed by atoms with Crippen LogP contribution in [0.1, 0.15) is 22.3 Å². The van der Waals surface area contributed by atoms with Crippen molar-refractivity contribution in [2.75, 3.05) is 25.1 Å². The van der Waals surface area contributed by atoms with Crippen LogP contribution in [0, 0.1) is 5.92 Å². The van der Waals surface area contributed by atoms with Gasteiger partial charge in [-0.15, -0.1) is 0 Å². The fraction of sp³-hybridized carbons (Fsp3) is 0.263. The quantitative estimate of drug-likeness (QED) is 0.831. The Hall–Kier alpha value is -2.66. The molecule has 1 heterocycles. The average Bonchev–Trinajstić information content (AvgIpc) is 3.14. The maximum Gasteiger partial charge on any atom is 0.319 e. The zero-order valence-corrected chi connectivity index (χ0v) is 13.3. The van der Waals surface area contributed by atoms with Crippen LogP contribution in [0.4, 0.5) is 10.5 Å². The van der Waals surface area contributed by atoms with Crippen molar-refractivity contribution < 1.29 is 14.3 Å². The molecule has 2 aromatic carbocycles. The number of carbonyl (C=O) groups excluding carboxylic acids is 2. The van der Waals surface area contributed by atoms with Gasteiger partial charge in [-0.1, -0.05) is 42.5 Å². The van der Waals surface area contributed by atoms with Gasteiger partial charge in [-0.3, -0.25) is 4.79 Å². The molecule has 1 saturated heterocycles. The summed E-state index contributed by atoms with van der Waals surface area (Å²) in [4.78, 5) is 24.4. The predicted octanol–water partition coefficient (Wildman–Crippen LogP) is 3.08. The highest BCUT2D eigenvalue weighted by Gasteiger charge is 2.16. The van der Waals surface area contributed by atoms with Crippen LogP contribution in [0.25, 0.3) is 0 Å². The van der Waals surface area contributed by atoms with Crippen LogP contribution in [0.2, 0.25) is 0 Å². The average molecular weight is 324 g/mol. The fourth-order valence-corrected chi connectivity index (χ4v) is 2.65. The monoisotopic (exact) mass is 324 g/mol. The Bertz CT molecular complexity index is 710. The van der Waals surface area contributed by atoms with Gasteiger partial charge in [0.15, 0.2) is 5.78 Å². The molecule has 0 bridgehead atoms. The molecule has 2 N–H and O–H groups in total. The Kier molecular flexibility index (Phi) is 5.23. The molecule has 1 aliphatic heterocycles. The highest BCUT2D eigenvalue weighted by atomic mass is 16.5. The molecule has 3 rings (SSSR count). The van der Waals surface area contributed by atoms with Gasteiger partial charge in [0.2, 0.25) is 0 Å². The largest absolute Gasteiger partial charge is 0.381 e. The summed E-state index contributed by atoms with van der Waals surface area (Å²) in [5.74, 6) is 0.310. The number of hydrogen-bond acceptors (Lipinski definition) is 3. The molecule has 2 amide bonds. The van der Waals surface area contributed by atoms with Crippen LogP contribution in [0.5, 0.6) is 0 Å². The lowest BCUT2D eigenvalue weighted by atomic mass is 10.0. The number of ether oxygens (including phenoxy) is 1. The van der Waals surface area contributed by atoms with Crippen molar-refractivity contribution >= 4 is 17.5 Å². The van der Waals surface area contributed by atoms with E-state index in [1.807, 2.05) is 18.2 Å². The maximum absolute atomic E-state index is 12.4. The molecule has 5 heteroatoms. The van der Waals surface area contributed by atoms with E-state index >= 15 is 0 Å². The lowest BCUT2D eigenvalue weighted by Gasteiger charge is -2.11. The molecule has 1 atom stereocenters. The van der Waals surface area contributed by atoms with Crippen LogP contribution in [0.15, 0.2) is 54.6 Å². The van der Waals surface area contributed by atoms with Crippen molar-refractivity contribution in [1.29, 1.82) is 0 Å². The Morgan fingerprint density at radius 3 is 2.58 bits per heavy atom. The molecule has 0 aromatic heterocycles. The third kappa shape index (κ3) is 4.20. The maximum atomic E-state index is 12.4. The number of rotatable bonds is 5. The van der Waals surface area contributed by atoms with E-state index in [2.05, 4.69) is 10.6 Å². The van der Waals surface area contributed by atoms with Crippen LogP contribution >= 0.6 is 0 Å². The normalized spacial score (nSPS) is 16.6. The van der Waals surface area contributed by atoms with Crippen molar-refractivity contribution in [3.8, 4) is 0 Å². The first-order valence-corrected chi connectivity index (χ1v) is 8.05. The van der Waals surface area contributed by atoms with Gasteiger partial charge in [-0.2, -0.15) is 0 Å². The summed E-state index contributed by atoms with van der Waals surface area (Å²) in [6.45, 7) is 2.05. The fourth-order valence-electron chi connectivity index (χ4n) is 2.65. The highest BCUT2D eigenvalue weighted by Crippen LogP contribution is 2.15. The van der Waals surface area contributed by atoms with Crippen LogP contribution in [0.3, 0.4) is 0 Å². The molecule has 124 valence electrons. The zero-order chi connectivity index (χ0) is 16.8. The van der Waals surface area contributed by atoms with E-state index in [9.17, 15) is 9.59 Å². The molecular weight excluding hydrogens is 304 g/mol. The molecule has 1 fully saturated rings. The van der Waals surface area contributed by atoms with E-state index in [0.717, 1.165) is 13.0 Å². The van der Waals surface area contributed by atoms with E-state index in [0.29, 0.717) is 35.9 Å². The minimum absolute atomic E-state index is 0.0669. The highest BCUT2D eigenvalue weighted by molar-refractivity contribution is 6.09. The Labute approximate surface area is 141 Å². The van der Waals surface area contributed by atoms with Crippen LogP contribution in [-0.4, -0.2) is 31.6 Å². The molecule has 0 radical (unpaired) electrons. The van der Waals surface area contributed by atoms with Gasteiger partial charge >= 0.3 is 6.03 Å². The van der Waals surface area contributed by atoms with Gasteiger partial charge in [-0.25, -0.2) is 4.79 Å². The second-order valence-electron chi connectivity index (χ2n) is 5.84. The van der Waals surface area contributed by atoms with E-state index in [4.69, 9.17) is 4.74 Å². The summed E-state index contributed by atoms with van der Waals surface area (Å²) in [6, 6.07) is 15.8. The van der Waals surface area contributed by atoms with Gasteiger partial charge in [0.25, 0.3) is 0 Å². The number of amides is 2. The lowest BCUT2D eigenvalue weighted by molar-refractivity contribution is 0.103. The molecule has 1 aliphatic rings. The minimum atomic E-state index is -0.272. The topological polar surface area (TPSA) is 67.4 Å². The first-order valence-electron chi connectivity index (χ1n) is 8.05. The second kappa shape index (κ2) is 7.75. The van der Waals surface area contributed by atoms with E-state index < -0.39 is 0 Å². The minimum Gasteiger partial charge on any atom is -0.381 e. The molecule has 24 heavy (non-hydrogen) atoms. The van der Waals surface area contributed by atoms with E-state index in [1.54, 1.807) is 36.4 Å². The van der Waals surface area contributed by atoms with Crippen LogP contribution < -0.4 is 10.6 Å². The summed E-state index contributed by atoms with van der Waals surface area (Å²) in [5.41, 5.74) is 1.76.